The molecule has 0 N–H and O–H groups in total. The number of pyridine rings is 1. The molecule has 0 aliphatic heterocycles. The summed E-state index contributed by atoms with van der Waals surface area (Å²) in [5.74, 6) is 3.60. The third kappa shape index (κ3) is 4.85. The number of benzene rings is 1. The third-order valence-corrected chi connectivity index (χ3v) is 5.15. The second-order valence-corrected chi connectivity index (χ2v) is 7.24. The van der Waals surface area contributed by atoms with Crippen LogP contribution in [0.25, 0.3) is 11.4 Å². The van der Waals surface area contributed by atoms with Gasteiger partial charge >= 0.3 is 0 Å². The van der Waals surface area contributed by atoms with Gasteiger partial charge in [-0.1, -0.05) is 6.07 Å². The van der Waals surface area contributed by atoms with Crippen LogP contribution in [0.1, 0.15) is 23.6 Å². The highest BCUT2D eigenvalue weighted by Gasteiger charge is 2.17. The predicted octanol–water partition coefficient (Wildman–Crippen LogP) is 3.74. The highest BCUT2D eigenvalue weighted by Crippen LogP contribution is 2.26. The Kier molecular flexibility index (Phi) is 6.60. The van der Waals surface area contributed by atoms with E-state index in [-0.39, 0.29) is 12.2 Å². The molecule has 3 aromatic heterocycles. The van der Waals surface area contributed by atoms with Crippen molar-refractivity contribution in [1.29, 1.82) is 0 Å². The Hall–Kier alpha value is -3.94. The average molecular weight is 432 g/mol. The molecule has 0 amide bonds. The highest BCUT2D eigenvalue weighted by molar-refractivity contribution is 5.81. The number of carbonyl (C=O) groups is 1. The van der Waals surface area contributed by atoms with E-state index in [0.29, 0.717) is 36.7 Å². The Bertz CT molecular complexity index is 1170. The molecule has 164 valence electrons. The van der Waals surface area contributed by atoms with Crippen LogP contribution in [0.3, 0.4) is 0 Å². The van der Waals surface area contributed by atoms with Crippen molar-refractivity contribution in [3.8, 4) is 22.9 Å². The monoisotopic (exact) mass is 432 g/mol. The van der Waals surface area contributed by atoms with Crippen molar-refractivity contribution in [2.45, 2.75) is 25.8 Å². The largest absolute Gasteiger partial charge is 0.497 e. The minimum Gasteiger partial charge on any atom is -0.497 e. The van der Waals surface area contributed by atoms with Gasteiger partial charge in [-0.15, -0.1) is 10.2 Å². The zero-order chi connectivity index (χ0) is 22.3. The fraction of sp³-hybridized carbons (Fsp3) is 0.250. The number of methoxy groups -OCH3 is 2. The van der Waals surface area contributed by atoms with E-state index < -0.39 is 0 Å². The van der Waals surface area contributed by atoms with Gasteiger partial charge in [0.05, 0.1) is 27.0 Å². The molecule has 0 atom stereocenters. The van der Waals surface area contributed by atoms with Crippen LogP contribution in [-0.4, -0.2) is 39.8 Å². The minimum atomic E-state index is 0.0870. The minimum absolute atomic E-state index is 0.0870. The van der Waals surface area contributed by atoms with Gasteiger partial charge in [-0.25, -0.2) is 0 Å². The summed E-state index contributed by atoms with van der Waals surface area (Å²) < 4.78 is 18.1. The molecule has 0 spiro atoms. The van der Waals surface area contributed by atoms with E-state index in [4.69, 9.17) is 13.9 Å². The Balaban J connectivity index is 1.50. The molecule has 4 aromatic rings. The van der Waals surface area contributed by atoms with E-state index in [9.17, 15) is 4.79 Å². The predicted molar refractivity (Wildman–Crippen MR) is 118 cm³/mol. The molecule has 0 aliphatic rings. The zero-order valence-electron chi connectivity index (χ0n) is 18.0. The van der Waals surface area contributed by atoms with Gasteiger partial charge in [0.25, 0.3) is 0 Å². The Morgan fingerprint density at radius 2 is 2.00 bits per heavy atom. The number of furan rings is 1. The number of Topliss-reactive ketones (excluding diaryl/α,β-unsaturated/α-hetero) is 1. The van der Waals surface area contributed by atoms with Gasteiger partial charge in [0.1, 0.15) is 28.9 Å². The fourth-order valence-corrected chi connectivity index (χ4v) is 3.50. The molecular formula is C24H24N4O4. The molecule has 4 rings (SSSR count). The second-order valence-electron chi connectivity index (χ2n) is 7.24. The van der Waals surface area contributed by atoms with Crippen molar-refractivity contribution >= 4 is 5.78 Å². The number of ketones is 1. The van der Waals surface area contributed by atoms with Crippen molar-refractivity contribution in [3.05, 3.63) is 78.3 Å². The van der Waals surface area contributed by atoms with Crippen LogP contribution in [0.4, 0.5) is 0 Å². The second kappa shape index (κ2) is 9.91. The fourth-order valence-electron chi connectivity index (χ4n) is 3.50. The average Bonchev–Trinajstić information content (AvgIpc) is 3.49. The van der Waals surface area contributed by atoms with Crippen molar-refractivity contribution in [2.24, 2.45) is 0 Å². The lowest BCUT2D eigenvalue weighted by Crippen LogP contribution is -2.11. The Morgan fingerprint density at radius 1 is 1.09 bits per heavy atom. The van der Waals surface area contributed by atoms with Gasteiger partial charge in [0, 0.05) is 48.8 Å². The molecule has 8 nitrogen and oxygen atoms in total. The molecule has 0 bridgehead atoms. The SMILES string of the molecule is COc1ccc(CC(=O)CCc2nnc(-c3cccnc3)n2Cc2ccco2)c(OC)c1. The van der Waals surface area contributed by atoms with E-state index in [2.05, 4.69) is 15.2 Å². The van der Waals surface area contributed by atoms with Crippen molar-refractivity contribution < 1.29 is 18.7 Å². The van der Waals surface area contributed by atoms with Crippen molar-refractivity contribution in [1.82, 2.24) is 19.7 Å². The summed E-state index contributed by atoms with van der Waals surface area (Å²) in [5, 5.41) is 8.72. The number of hydrogen-bond donors (Lipinski definition) is 0. The number of ether oxygens (including phenoxy) is 2. The van der Waals surface area contributed by atoms with Crippen molar-refractivity contribution in [3.63, 3.8) is 0 Å². The lowest BCUT2D eigenvalue weighted by molar-refractivity contribution is -0.118. The maximum atomic E-state index is 12.7. The molecule has 0 aliphatic carbocycles. The first-order valence-electron chi connectivity index (χ1n) is 10.3. The number of hydrogen-bond acceptors (Lipinski definition) is 7. The van der Waals surface area contributed by atoms with E-state index in [1.165, 1.54) is 0 Å². The molecule has 0 fully saturated rings. The summed E-state index contributed by atoms with van der Waals surface area (Å²) in [7, 11) is 3.18. The summed E-state index contributed by atoms with van der Waals surface area (Å²) >= 11 is 0. The van der Waals surface area contributed by atoms with E-state index in [0.717, 1.165) is 22.7 Å². The van der Waals surface area contributed by atoms with Gasteiger partial charge in [0.2, 0.25) is 0 Å². The van der Waals surface area contributed by atoms with Crippen molar-refractivity contribution in [2.75, 3.05) is 14.2 Å². The van der Waals surface area contributed by atoms with Crippen LogP contribution in [0.2, 0.25) is 0 Å². The number of rotatable bonds is 10. The summed E-state index contributed by atoms with van der Waals surface area (Å²) in [4.78, 5) is 16.9. The number of nitrogens with zero attached hydrogens (tertiary/aromatic N) is 4. The standard InChI is InChI=1S/C24H24N4O4/c1-30-20-9-7-17(22(14-20)31-2)13-19(29)8-10-23-26-27-24(18-5-3-11-25-15-18)28(23)16-21-6-4-12-32-21/h3-7,9,11-12,14-15H,8,10,13,16H2,1-2H3. The van der Waals surface area contributed by atoms with Crippen LogP contribution in [0, 0.1) is 0 Å². The maximum absolute atomic E-state index is 12.7. The van der Waals surface area contributed by atoms with Gasteiger partial charge in [0.15, 0.2) is 5.82 Å². The normalized spacial score (nSPS) is 10.8. The summed E-state index contributed by atoms with van der Waals surface area (Å²) in [5.41, 5.74) is 1.68. The Morgan fingerprint density at radius 3 is 2.72 bits per heavy atom. The molecule has 8 heteroatoms. The molecular weight excluding hydrogens is 408 g/mol. The van der Waals surface area contributed by atoms with Crippen LogP contribution in [-0.2, 0) is 24.2 Å². The lowest BCUT2D eigenvalue weighted by atomic mass is 10.0. The lowest BCUT2D eigenvalue weighted by Gasteiger charge is -2.11. The van der Waals surface area contributed by atoms with Gasteiger partial charge in [-0.2, -0.15) is 0 Å². The van der Waals surface area contributed by atoms with Crippen LogP contribution >= 0.6 is 0 Å². The van der Waals surface area contributed by atoms with Crippen LogP contribution < -0.4 is 9.47 Å². The summed E-state index contributed by atoms with van der Waals surface area (Å²) in [6.45, 7) is 0.472. The van der Waals surface area contributed by atoms with E-state index in [1.807, 2.05) is 41.0 Å². The number of aryl methyl sites for hydroxylation is 1. The molecule has 32 heavy (non-hydrogen) atoms. The molecule has 0 saturated carbocycles. The molecule has 3 heterocycles. The zero-order valence-corrected chi connectivity index (χ0v) is 18.0. The molecule has 0 radical (unpaired) electrons. The highest BCUT2D eigenvalue weighted by atomic mass is 16.5. The first-order chi connectivity index (χ1) is 15.7. The molecule has 0 unspecified atom stereocenters. The smallest absolute Gasteiger partial charge is 0.165 e. The first kappa shape index (κ1) is 21.3. The molecule has 0 saturated heterocycles. The van der Waals surface area contributed by atoms with Gasteiger partial charge in [-0.05, 0) is 30.3 Å². The van der Waals surface area contributed by atoms with E-state index >= 15 is 0 Å². The van der Waals surface area contributed by atoms with Gasteiger partial charge in [-0.3, -0.25) is 9.78 Å². The topological polar surface area (TPSA) is 92.3 Å². The van der Waals surface area contributed by atoms with E-state index in [1.54, 1.807) is 38.9 Å². The van der Waals surface area contributed by atoms with Crippen LogP contribution in [0.5, 0.6) is 11.5 Å². The van der Waals surface area contributed by atoms with Gasteiger partial charge < -0.3 is 18.5 Å². The first-order valence-corrected chi connectivity index (χ1v) is 10.3. The summed E-state index contributed by atoms with van der Waals surface area (Å²) in [6.07, 6.45) is 6.16. The van der Waals surface area contributed by atoms with Crippen LogP contribution in [0.15, 0.2) is 65.5 Å². The Labute approximate surface area is 185 Å². The quantitative estimate of drug-likeness (QED) is 0.377. The number of carbonyl (C=O) groups excluding carboxylic acids is 1. The summed E-state index contributed by atoms with van der Waals surface area (Å²) in [6, 6.07) is 13.0. The third-order valence-electron chi connectivity index (χ3n) is 5.15. The molecule has 1 aromatic carbocycles. The number of aromatic nitrogens is 4. The maximum Gasteiger partial charge on any atom is 0.165 e.